The van der Waals surface area contributed by atoms with Gasteiger partial charge in [0, 0.05) is 24.7 Å². The van der Waals surface area contributed by atoms with E-state index in [4.69, 9.17) is 11.5 Å². The molecule has 0 saturated carbocycles. The number of anilines is 1. The lowest BCUT2D eigenvalue weighted by molar-refractivity contribution is 0.655. The summed E-state index contributed by atoms with van der Waals surface area (Å²) in [4.78, 5) is 2.38. The molecule has 3 heteroatoms. The summed E-state index contributed by atoms with van der Waals surface area (Å²) < 4.78 is 0. The predicted molar refractivity (Wildman–Crippen MR) is 203 cm³/mol. The fraction of sp³-hybridized carbons (Fsp3) is 0.156. The molecule has 0 amide bonds. The second kappa shape index (κ2) is 11.8. The fourth-order valence-electron chi connectivity index (χ4n) is 7.77. The molecular formula is C45H41N3. The molecule has 1 aliphatic rings. The number of fused-ring (bicyclic) bond motifs is 6. The van der Waals surface area contributed by atoms with E-state index in [-0.39, 0.29) is 5.41 Å². The summed E-state index contributed by atoms with van der Waals surface area (Å²) in [6.45, 7) is 5.43. The van der Waals surface area contributed by atoms with Crippen LogP contribution in [0, 0.1) is 0 Å². The van der Waals surface area contributed by atoms with Crippen LogP contribution in [-0.4, -0.2) is 7.05 Å². The molecule has 7 aromatic rings. The monoisotopic (exact) mass is 623 g/mol. The molecule has 0 spiro atoms. The van der Waals surface area contributed by atoms with Crippen molar-refractivity contribution in [2.75, 3.05) is 11.9 Å². The van der Waals surface area contributed by atoms with Crippen molar-refractivity contribution in [3.63, 3.8) is 0 Å². The summed E-state index contributed by atoms with van der Waals surface area (Å²) in [5.74, 6) is 0. The zero-order valence-electron chi connectivity index (χ0n) is 27.9. The molecule has 8 rings (SSSR count). The molecule has 0 radical (unpaired) electrons. The molecule has 0 saturated heterocycles. The van der Waals surface area contributed by atoms with Crippen molar-refractivity contribution in [2.24, 2.45) is 11.5 Å². The van der Waals surface area contributed by atoms with E-state index >= 15 is 0 Å². The lowest BCUT2D eigenvalue weighted by Crippen LogP contribution is -2.22. The lowest BCUT2D eigenvalue weighted by atomic mass is 9.81. The van der Waals surface area contributed by atoms with Crippen LogP contribution in [0.3, 0.4) is 0 Å². The number of benzene rings is 7. The van der Waals surface area contributed by atoms with E-state index in [1.54, 1.807) is 0 Å². The Kier molecular flexibility index (Phi) is 7.40. The normalized spacial score (nSPS) is 13.2. The molecule has 0 fully saturated rings. The minimum Gasteiger partial charge on any atom is -0.370 e. The third-order valence-electron chi connectivity index (χ3n) is 10.4. The Hall–Kier alpha value is -5.22. The first kappa shape index (κ1) is 30.1. The van der Waals surface area contributed by atoms with Gasteiger partial charge in [0.1, 0.15) is 0 Å². The molecule has 0 aliphatic heterocycles. The Morgan fingerprint density at radius 2 is 1.29 bits per heavy atom. The van der Waals surface area contributed by atoms with Crippen molar-refractivity contribution < 1.29 is 0 Å². The van der Waals surface area contributed by atoms with Crippen molar-refractivity contribution in [3.8, 4) is 22.3 Å². The van der Waals surface area contributed by atoms with Gasteiger partial charge in [0.15, 0.2) is 0 Å². The van der Waals surface area contributed by atoms with Gasteiger partial charge in [0.2, 0.25) is 0 Å². The van der Waals surface area contributed by atoms with Crippen LogP contribution in [-0.2, 0) is 18.4 Å². The van der Waals surface area contributed by atoms with Gasteiger partial charge < -0.3 is 16.4 Å². The predicted octanol–water partition coefficient (Wildman–Crippen LogP) is 10.1. The number of para-hydroxylation sites is 1. The molecule has 236 valence electrons. The first-order valence-corrected chi connectivity index (χ1v) is 16.9. The summed E-state index contributed by atoms with van der Waals surface area (Å²) in [5, 5.41) is 5.15. The van der Waals surface area contributed by atoms with Crippen LogP contribution >= 0.6 is 0 Å². The van der Waals surface area contributed by atoms with Gasteiger partial charge in [0.05, 0.1) is 6.17 Å². The Bertz CT molecular complexity index is 2330. The van der Waals surface area contributed by atoms with E-state index in [0.717, 1.165) is 18.5 Å². The standard InChI is InChI=1S/C45H41N3/c1-45(2)41-25-30(15-20-39(41)40-22-19-36(44(46)47)27-42(40)45)28-48(3)43-14-7-5-11-35(43)24-29-9-8-12-32(23-29)33-18-21-38-34(26-33)17-16-31-10-4-6-13-37(31)38/h4-23,25-27,44H,24,28,46-47H2,1-3H3. The third kappa shape index (κ3) is 5.26. The maximum absolute atomic E-state index is 6.04. The summed E-state index contributed by atoms with van der Waals surface area (Å²) in [7, 11) is 2.20. The Balaban J connectivity index is 1.04. The van der Waals surface area contributed by atoms with E-state index in [1.165, 1.54) is 77.3 Å². The summed E-state index contributed by atoms with van der Waals surface area (Å²) >= 11 is 0. The number of nitrogens with zero attached hydrogens (tertiary/aromatic N) is 1. The van der Waals surface area contributed by atoms with Crippen LogP contribution in [0.25, 0.3) is 43.8 Å². The molecule has 0 atom stereocenters. The lowest BCUT2D eigenvalue weighted by Gasteiger charge is -2.25. The van der Waals surface area contributed by atoms with E-state index < -0.39 is 6.17 Å². The first-order valence-electron chi connectivity index (χ1n) is 16.9. The van der Waals surface area contributed by atoms with Crippen LogP contribution in [0.2, 0.25) is 0 Å². The van der Waals surface area contributed by atoms with Crippen molar-refractivity contribution in [3.05, 3.63) is 173 Å². The highest BCUT2D eigenvalue weighted by Gasteiger charge is 2.36. The second-order valence-corrected chi connectivity index (χ2v) is 13.9. The van der Waals surface area contributed by atoms with Gasteiger partial charge in [0.25, 0.3) is 0 Å². The number of hydrogen-bond acceptors (Lipinski definition) is 3. The number of nitrogens with two attached hydrogens (primary N) is 2. The molecule has 1 aliphatic carbocycles. The molecule has 7 aromatic carbocycles. The first-order chi connectivity index (χ1) is 23.3. The zero-order chi connectivity index (χ0) is 33.0. The smallest absolute Gasteiger partial charge is 0.0784 e. The van der Waals surface area contributed by atoms with Crippen LogP contribution in [0.15, 0.2) is 140 Å². The minimum absolute atomic E-state index is 0.119. The topological polar surface area (TPSA) is 55.3 Å². The molecule has 0 unspecified atom stereocenters. The fourth-order valence-corrected chi connectivity index (χ4v) is 7.77. The van der Waals surface area contributed by atoms with Crippen LogP contribution in [0.1, 0.15) is 53.4 Å². The molecule has 48 heavy (non-hydrogen) atoms. The van der Waals surface area contributed by atoms with Gasteiger partial charge in [-0.15, -0.1) is 0 Å². The highest BCUT2D eigenvalue weighted by molar-refractivity contribution is 6.08. The molecule has 4 N–H and O–H groups in total. The molecule has 0 heterocycles. The highest BCUT2D eigenvalue weighted by Crippen LogP contribution is 2.49. The Morgan fingerprint density at radius 1 is 0.583 bits per heavy atom. The molecule has 3 nitrogen and oxygen atoms in total. The van der Waals surface area contributed by atoms with Gasteiger partial charge in [-0.05, 0) is 95.7 Å². The second-order valence-electron chi connectivity index (χ2n) is 13.9. The Morgan fingerprint density at radius 3 is 2.15 bits per heavy atom. The largest absolute Gasteiger partial charge is 0.370 e. The molecule has 0 bridgehead atoms. The summed E-state index contributed by atoms with van der Waals surface area (Å²) in [5.41, 5.74) is 25.8. The van der Waals surface area contributed by atoms with Crippen LogP contribution in [0.4, 0.5) is 5.69 Å². The number of rotatable bonds is 7. The number of hydrogen-bond donors (Lipinski definition) is 2. The van der Waals surface area contributed by atoms with E-state index in [1.807, 2.05) is 0 Å². The summed E-state index contributed by atoms with van der Waals surface area (Å²) in [6.07, 6.45) is 0.395. The highest BCUT2D eigenvalue weighted by atomic mass is 15.1. The maximum Gasteiger partial charge on any atom is 0.0784 e. The van der Waals surface area contributed by atoms with Gasteiger partial charge in [-0.2, -0.15) is 0 Å². The van der Waals surface area contributed by atoms with Gasteiger partial charge in [-0.25, -0.2) is 0 Å². The van der Waals surface area contributed by atoms with Gasteiger partial charge in [-0.1, -0.05) is 141 Å². The third-order valence-corrected chi connectivity index (χ3v) is 10.4. The van der Waals surface area contributed by atoms with E-state index in [2.05, 4.69) is 165 Å². The SMILES string of the molecule is CN(Cc1ccc2c(c1)C(C)(C)c1cc(C(N)N)ccc1-2)c1ccccc1Cc1cccc(-c2ccc3c(ccc4ccccc43)c2)c1. The zero-order valence-corrected chi connectivity index (χ0v) is 27.9. The van der Waals surface area contributed by atoms with E-state index in [0.29, 0.717) is 0 Å². The van der Waals surface area contributed by atoms with Crippen molar-refractivity contribution in [2.45, 2.75) is 38.4 Å². The molecule has 0 aromatic heterocycles. The average Bonchev–Trinajstić information content (AvgIpc) is 3.33. The average molecular weight is 624 g/mol. The minimum atomic E-state index is -0.471. The quantitative estimate of drug-likeness (QED) is 0.137. The van der Waals surface area contributed by atoms with Crippen molar-refractivity contribution >= 4 is 27.2 Å². The van der Waals surface area contributed by atoms with Crippen LogP contribution < -0.4 is 16.4 Å². The maximum atomic E-state index is 6.04. The van der Waals surface area contributed by atoms with E-state index in [9.17, 15) is 0 Å². The van der Waals surface area contributed by atoms with Crippen molar-refractivity contribution in [1.29, 1.82) is 0 Å². The van der Waals surface area contributed by atoms with Crippen molar-refractivity contribution in [1.82, 2.24) is 0 Å². The Labute approximate surface area is 283 Å². The van der Waals surface area contributed by atoms with Gasteiger partial charge >= 0.3 is 0 Å². The summed E-state index contributed by atoms with van der Waals surface area (Å²) in [6, 6.07) is 51.2. The van der Waals surface area contributed by atoms with Gasteiger partial charge in [-0.3, -0.25) is 0 Å². The van der Waals surface area contributed by atoms with Crippen LogP contribution in [0.5, 0.6) is 0 Å². The molecular weight excluding hydrogens is 583 g/mol.